The molecule has 4 unspecified atom stereocenters. The molecule has 3 aliphatic carbocycles. The van der Waals surface area contributed by atoms with E-state index in [1.54, 1.807) is 0 Å². The van der Waals surface area contributed by atoms with E-state index in [2.05, 4.69) is 13.0 Å². The van der Waals surface area contributed by atoms with E-state index < -0.39 is 5.97 Å². The highest BCUT2D eigenvalue weighted by molar-refractivity contribution is 5.87. The molecule has 0 spiro atoms. The predicted molar refractivity (Wildman–Crippen MR) is 91.0 cm³/mol. The van der Waals surface area contributed by atoms with Crippen LogP contribution < -0.4 is 0 Å². The minimum absolute atomic E-state index is 0.0322. The zero-order valence-electron chi connectivity index (χ0n) is 14.4. The lowest BCUT2D eigenvalue weighted by atomic mass is 9.55. The van der Waals surface area contributed by atoms with Crippen molar-refractivity contribution in [3.05, 3.63) is 29.3 Å². The smallest absolute Gasteiger partial charge is 0.300 e. The van der Waals surface area contributed by atoms with Gasteiger partial charge in [-0.15, -0.1) is 0 Å². The van der Waals surface area contributed by atoms with Gasteiger partial charge in [0.25, 0.3) is 5.97 Å². The van der Waals surface area contributed by atoms with Crippen LogP contribution in [0, 0.1) is 17.3 Å². The number of aliphatic carboxylic acids is 1. The molecule has 2 fully saturated rings. The van der Waals surface area contributed by atoms with Gasteiger partial charge in [0.2, 0.25) is 0 Å². The monoisotopic (exact) mass is 330 g/mol. The van der Waals surface area contributed by atoms with Gasteiger partial charge >= 0.3 is 0 Å². The number of aromatic hydroxyl groups is 1. The van der Waals surface area contributed by atoms with Crippen molar-refractivity contribution in [1.82, 2.24) is 0 Å². The quantitative estimate of drug-likeness (QED) is 0.756. The normalized spacial score (nSPS) is 33.6. The Labute approximate surface area is 142 Å². The van der Waals surface area contributed by atoms with Gasteiger partial charge in [-0.25, -0.2) is 0 Å². The van der Waals surface area contributed by atoms with E-state index in [1.165, 1.54) is 17.5 Å². The Bertz CT molecular complexity index is 662. The van der Waals surface area contributed by atoms with Crippen LogP contribution in [0.3, 0.4) is 0 Å². The average Bonchev–Trinajstić information content (AvgIpc) is 2.82. The third kappa shape index (κ3) is 2.83. The van der Waals surface area contributed by atoms with Crippen molar-refractivity contribution in [2.45, 2.75) is 58.3 Å². The molecule has 0 saturated heterocycles. The fourth-order valence-electron chi connectivity index (χ4n) is 5.34. The number of Topliss-reactive ketones (excluding diaryl/α,β-unsaturated/α-hetero) is 1. The van der Waals surface area contributed by atoms with E-state index in [4.69, 9.17) is 9.90 Å². The zero-order chi connectivity index (χ0) is 17.5. The molecule has 0 radical (unpaired) electrons. The van der Waals surface area contributed by atoms with Gasteiger partial charge in [0.15, 0.2) is 0 Å². The molecule has 2 N–H and O–H groups in total. The molecule has 0 amide bonds. The number of phenolic OH excluding ortho intramolecular Hbond substituents is 1. The maximum absolute atomic E-state index is 12.3. The molecule has 0 heterocycles. The number of rotatable bonds is 0. The van der Waals surface area contributed by atoms with Crippen molar-refractivity contribution in [1.29, 1.82) is 0 Å². The number of aryl methyl sites for hydroxylation is 1. The zero-order valence-corrected chi connectivity index (χ0v) is 14.4. The molecule has 1 aromatic rings. The first-order valence-corrected chi connectivity index (χ1v) is 8.87. The third-order valence-electron chi connectivity index (χ3n) is 6.42. The van der Waals surface area contributed by atoms with Gasteiger partial charge in [-0.05, 0) is 73.1 Å². The Morgan fingerprint density at radius 3 is 2.62 bits per heavy atom. The summed E-state index contributed by atoms with van der Waals surface area (Å²) in [5.41, 5.74) is 2.75. The largest absolute Gasteiger partial charge is 0.508 e. The molecule has 2 saturated carbocycles. The predicted octanol–water partition coefficient (Wildman–Crippen LogP) is 3.91. The number of hydrogen-bond donors (Lipinski definition) is 2. The standard InChI is InChI=1S/C18H22O2.C2H4O2/c1-18-9-8-14-13-5-3-12(19)10-11(13)2-4-15(14)16(18)6-7-17(18)20;1-2(3)4/h3,5,10,14-16,19H,2,4,6-9H2,1H3;1H3,(H,3,4). The summed E-state index contributed by atoms with van der Waals surface area (Å²) < 4.78 is 0. The lowest BCUT2D eigenvalue weighted by Crippen LogP contribution is -2.42. The summed E-state index contributed by atoms with van der Waals surface area (Å²) in [4.78, 5) is 21.3. The fraction of sp³-hybridized carbons (Fsp3) is 0.600. The number of carboxylic acids is 1. The van der Waals surface area contributed by atoms with E-state index in [-0.39, 0.29) is 5.41 Å². The maximum Gasteiger partial charge on any atom is 0.300 e. The van der Waals surface area contributed by atoms with Gasteiger partial charge in [0, 0.05) is 18.8 Å². The highest BCUT2D eigenvalue weighted by atomic mass is 16.4. The Morgan fingerprint density at radius 1 is 1.21 bits per heavy atom. The van der Waals surface area contributed by atoms with Gasteiger partial charge in [0.1, 0.15) is 11.5 Å². The molecule has 24 heavy (non-hydrogen) atoms. The summed E-state index contributed by atoms with van der Waals surface area (Å²) in [6.07, 6.45) is 6.34. The highest BCUT2D eigenvalue weighted by Gasteiger charge is 2.54. The van der Waals surface area contributed by atoms with Crippen LogP contribution in [-0.2, 0) is 16.0 Å². The summed E-state index contributed by atoms with van der Waals surface area (Å²) in [7, 11) is 0. The van der Waals surface area contributed by atoms with Crippen molar-refractivity contribution in [3.63, 3.8) is 0 Å². The summed E-state index contributed by atoms with van der Waals surface area (Å²) in [6.45, 7) is 3.30. The second-order valence-corrected chi connectivity index (χ2v) is 7.74. The molecule has 0 bridgehead atoms. The Morgan fingerprint density at radius 2 is 1.92 bits per heavy atom. The molecule has 130 valence electrons. The number of fused-ring (bicyclic) bond motifs is 5. The summed E-state index contributed by atoms with van der Waals surface area (Å²) in [5, 5.41) is 17.1. The van der Waals surface area contributed by atoms with Crippen molar-refractivity contribution in [2.75, 3.05) is 0 Å². The minimum atomic E-state index is -0.833. The van der Waals surface area contributed by atoms with Gasteiger partial charge in [-0.2, -0.15) is 0 Å². The number of benzene rings is 1. The molecule has 4 heteroatoms. The first-order valence-electron chi connectivity index (χ1n) is 8.87. The number of carbonyl (C=O) groups excluding carboxylic acids is 1. The molecule has 0 aromatic heterocycles. The first-order chi connectivity index (χ1) is 11.3. The molecule has 4 nitrogen and oxygen atoms in total. The van der Waals surface area contributed by atoms with E-state index >= 15 is 0 Å². The Hall–Kier alpha value is -1.84. The number of phenols is 1. The fourth-order valence-corrected chi connectivity index (χ4v) is 5.34. The van der Waals surface area contributed by atoms with E-state index in [0.29, 0.717) is 29.3 Å². The number of carboxylic acid groups (broad SMARTS) is 1. The Balaban J connectivity index is 0.000000383. The van der Waals surface area contributed by atoms with Crippen molar-refractivity contribution in [2.24, 2.45) is 17.3 Å². The second-order valence-electron chi connectivity index (χ2n) is 7.74. The Kier molecular flexibility index (Phi) is 4.41. The third-order valence-corrected chi connectivity index (χ3v) is 6.42. The lowest BCUT2D eigenvalue weighted by Gasteiger charge is -2.48. The average molecular weight is 330 g/mol. The van der Waals surface area contributed by atoms with Gasteiger partial charge < -0.3 is 10.2 Å². The lowest BCUT2D eigenvalue weighted by molar-refractivity contribution is -0.134. The number of carbonyl (C=O) groups is 2. The minimum Gasteiger partial charge on any atom is -0.508 e. The molecule has 0 aliphatic heterocycles. The molecule has 4 atom stereocenters. The highest BCUT2D eigenvalue weighted by Crippen LogP contribution is 2.59. The van der Waals surface area contributed by atoms with E-state index in [9.17, 15) is 9.90 Å². The van der Waals surface area contributed by atoms with Crippen LogP contribution in [0.25, 0.3) is 0 Å². The summed E-state index contributed by atoms with van der Waals surface area (Å²) in [5.74, 6) is 1.95. The van der Waals surface area contributed by atoms with E-state index in [0.717, 1.165) is 39.0 Å². The molecule has 3 aliphatic rings. The van der Waals surface area contributed by atoms with Crippen LogP contribution in [-0.4, -0.2) is 22.0 Å². The maximum atomic E-state index is 12.3. The van der Waals surface area contributed by atoms with Crippen molar-refractivity contribution in [3.8, 4) is 5.75 Å². The second kappa shape index (κ2) is 6.23. The van der Waals surface area contributed by atoms with Crippen LogP contribution in [0.5, 0.6) is 5.75 Å². The van der Waals surface area contributed by atoms with Gasteiger partial charge in [-0.1, -0.05) is 13.0 Å². The van der Waals surface area contributed by atoms with Crippen molar-refractivity contribution >= 4 is 11.8 Å². The van der Waals surface area contributed by atoms with E-state index in [1.807, 2.05) is 12.1 Å². The number of ketones is 1. The summed E-state index contributed by atoms with van der Waals surface area (Å²) in [6, 6.07) is 5.90. The molecular weight excluding hydrogens is 304 g/mol. The van der Waals surface area contributed by atoms with Crippen LogP contribution in [0.1, 0.15) is 63.0 Å². The van der Waals surface area contributed by atoms with Gasteiger partial charge in [-0.3, -0.25) is 9.59 Å². The first kappa shape index (κ1) is 17.0. The van der Waals surface area contributed by atoms with Crippen molar-refractivity contribution < 1.29 is 19.8 Å². The molecule has 1 aromatic carbocycles. The van der Waals surface area contributed by atoms with Crippen LogP contribution in [0.15, 0.2) is 18.2 Å². The SMILES string of the molecule is CC(=O)O.CC12CCC3c4ccc(O)cc4CCC3C1CCC2=O. The van der Waals surface area contributed by atoms with Crippen LogP contribution in [0.2, 0.25) is 0 Å². The number of hydrogen-bond acceptors (Lipinski definition) is 3. The molecule has 4 rings (SSSR count). The summed E-state index contributed by atoms with van der Waals surface area (Å²) >= 11 is 0. The van der Waals surface area contributed by atoms with Crippen LogP contribution in [0.4, 0.5) is 0 Å². The van der Waals surface area contributed by atoms with Crippen LogP contribution >= 0.6 is 0 Å². The van der Waals surface area contributed by atoms with Gasteiger partial charge in [0.05, 0.1) is 0 Å². The topological polar surface area (TPSA) is 74.6 Å². The molecular formula is C20H26O4.